The van der Waals surface area contributed by atoms with Crippen LogP contribution in [0.2, 0.25) is 0 Å². The minimum absolute atomic E-state index is 0.675. The molecule has 2 rings (SSSR count). The summed E-state index contributed by atoms with van der Waals surface area (Å²) in [6.07, 6.45) is 3.95. The number of aryl methyl sites for hydroxylation is 2. The van der Waals surface area contributed by atoms with Gasteiger partial charge in [0.2, 0.25) is 0 Å². The average Bonchev–Trinajstić information content (AvgIpc) is 2.82. The lowest BCUT2D eigenvalue weighted by Gasteiger charge is -2.30. The molecule has 100 valence electrons. The summed E-state index contributed by atoms with van der Waals surface area (Å²) in [6, 6.07) is 7.25. The van der Waals surface area contributed by atoms with E-state index >= 15 is 0 Å². The molecular weight excluding hydrogens is 220 g/mol. The Hall–Kier alpha value is -0.860. The van der Waals surface area contributed by atoms with Crippen LogP contribution in [0.4, 0.5) is 0 Å². The van der Waals surface area contributed by atoms with Crippen LogP contribution >= 0.6 is 0 Å². The zero-order chi connectivity index (χ0) is 13.1. The van der Waals surface area contributed by atoms with Crippen molar-refractivity contribution >= 4 is 0 Å². The van der Waals surface area contributed by atoms with Crippen LogP contribution in [0.15, 0.2) is 18.2 Å². The van der Waals surface area contributed by atoms with Gasteiger partial charge in [-0.15, -0.1) is 0 Å². The third-order valence-corrected chi connectivity index (χ3v) is 4.54. The normalized spacial score (nSPS) is 23.8. The molecule has 1 aromatic rings. The lowest BCUT2D eigenvalue weighted by molar-refractivity contribution is 0.192. The molecule has 2 unspecified atom stereocenters. The second kappa shape index (κ2) is 5.85. The third-order valence-electron chi connectivity index (χ3n) is 4.54. The fourth-order valence-electron chi connectivity index (χ4n) is 3.34. The Kier molecular flexibility index (Phi) is 4.41. The molecule has 1 aromatic carbocycles. The van der Waals surface area contributed by atoms with Gasteiger partial charge in [0.05, 0.1) is 0 Å². The quantitative estimate of drug-likeness (QED) is 0.885. The first-order chi connectivity index (χ1) is 8.63. The van der Waals surface area contributed by atoms with Gasteiger partial charge in [0, 0.05) is 12.6 Å². The minimum Gasteiger partial charge on any atom is -0.330 e. The Labute approximate surface area is 111 Å². The highest BCUT2D eigenvalue weighted by Crippen LogP contribution is 2.30. The Balaban J connectivity index is 2.09. The Morgan fingerprint density at radius 1 is 1.22 bits per heavy atom. The highest BCUT2D eigenvalue weighted by molar-refractivity contribution is 5.33. The van der Waals surface area contributed by atoms with E-state index in [2.05, 4.69) is 44.0 Å². The summed E-state index contributed by atoms with van der Waals surface area (Å²) in [5.74, 6) is 0.694. The van der Waals surface area contributed by atoms with E-state index in [1.807, 2.05) is 0 Å². The first-order valence-corrected chi connectivity index (χ1v) is 7.09. The van der Waals surface area contributed by atoms with E-state index in [1.54, 1.807) is 0 Å². The van der Waals surface area contributed by atoms with E-state index in [-0.39, 0.29) is 0 Å². The van der Waals surface area contributed by atoms with Crippen LogP contribution in [-0.2, 0) is 6.54 Å². The maximum absolute atomic E-state index is 5.89. The zero-order valence-electron chi connectivity index (χ0n) is 11.9. The fraction of sp³-hybridized carbons (Fsp3) is 0.625. The zero-order valence-corrected chi connectivity index (χ0v) is 11.9. The van der Waals surface area contributed by atoms with E-state index in [4.69, 9.17) is 5.73 Å². The summed E-state index contributed by atoms with van der Waals surface area (Å²) in [5, 5.41) is 0. The van der Waals surface area contributed by atoms with Gasteiger partial charge in [0.1, 0.15) is 0 Å². The Morgan fingerprint density at radius 3 is 2.50 bits per heavy atom. The Morgan fingerprint density at radius 2 is 1.89 bits per heavy atom. The van der Waals surface area contributed by atoms with Gasteiger partial charge in [-0.3, -0.25) is 4.90 Å². The molecule has 0 spiro atoms. The highest BCUT2D eigenvalue weighted by Gasteiger charge is 2.29. The van der Waals surface area contributed by atoms with Gasteiger partial charge in [0.25, 0.3) is 0 Å². The maximum atomic E-state index is 5.89. The minimum atomic E-state index is 0.675. The van der Waals surface area contributed by atoms with E-state index in [9.17, 15) is 0 Å². The van der Waals surface area contributed by atoms with Crippen molar-refractivity contribution in [2.75, 3.05) is 13.6 Å². The van der Waals surface area contributed by atoms with Gasteiger partial charge in [0.15, 0.2) is 0 Å². The van der Waals surface area contributed by atoms with Crippen molar-refractivity contribution < 1.29 is 0 Å². The molecular formula is C16H26N2. The van der Waals surface area contributed by atoms with Crippen LogP contribution in [-0.4, -0.2) is 24.5 Å². The monoisotopic (exact) mass is 246 g/mol. The largest absolute Gasteiger partial charge is 0.330 e. The lowest BCUT2D eigenvalue weighted by atomic mass is 9.99. The summed E-state index contributed by atoms with van der Waals surface area (Å²) >= 11 is 0. The summed E-state index contributed by atoms with van der Waals surface area (Å²) in [4.78, 5) is 2.51. The maximum Gasteiger partial charge on any atom is 0.0239 e. The number of nitrogens with two attached hydrogens (primary N) is 1. The topological polar surface area (TPSA) is 29.3 Å². The van der Waals surface area contributed by atoms with Gasteiger partial charge >= 0.3 is 0 Å². The third kappa shape index (κ3) is 2.76. The van der Waals surface area contributed by atoms with Gasteiger partial charge in [-0.1, -0.05) is 24.6 Å². The van der Waals surface area contributed by atoms with E-state index in [0.29, 0.717) is 12.0 Å². The Bertz CT molecular complexity index is 380. The summed E-state index contributed by atoms with van der Waals surface area (Å²) < 4.78 is 0. The smallest absolute Gasteiger partial charge is 0.0239 e. The summed E-state index contributed by atoms with van der Waals surface area (Å²) in [6.45, 7) is 6.32. The summed E-state index contributed by atoms with van der Waals surface area (Å²) in [5.41, 5.74) is 10.2. The molecule has 2 nitrogen and oxygen atoms in total. The second-order valence-electron chi connectivity index (χ2n) is 5.78. The second-order valence-corrected chi connectivity index (χ2v) is 5.78. The van der Waals surface area contributed by atoms with Crippen molar-refractivity contribution in [1.29, 1.82) is 0 Å². The predicted octanol–water partition coefficient (Wildman–Crippen LogP) is 2.86. The molecule has 0 aromatic heterocycles. The van der Waals surface area contributed by atoms with Crippen LogP contribution in [0.1, 0.15) is 36.0 Å². The van der Waals surface area contributed by atoms with E-state index in [1.165, 1.54) is 36.0 Å². The van der Waals surface area contributed by atoms with Gasteiger partial charge in [-0.05, 0) is 62.9 Å². The molecule has 0 aliphatic heterocycles. The molecule has 0 radical (unpaired) electrons. The number of benzene rings is 1. The van der Waals surface area contributed by atoms with Crippen LogP contribution in [0.3, 0.4) is 0 Å². The fourth-order valence-corrected chi connectivity index (χ4v) is 3.34. The number of hydrogen-bond acceptors (Lipinski definition) is 2. The lowest BCUT2D eigenvalue weighted by Crippen LogP contribution is -2.37. The summed E-state index contributed by atoms with van der Waals surface area (Å²) in [7, 11) is 2.25. The molecule has 0 amide bonds. The molecule has 18 heavy (non-hydrogen) atoms. The van der Waals surface area contributed by atoms with E-state index < -0.39 is 0 Å². The first-order valence-electron chi connectivity index (χ1n) is 7.09. The van der Waals surface area contributed by atoms with Gasteiger partial charge in [-0.25, -0.2) is 0 Å². The standard InChI is InChI=1S/C16H26N2/c1-12-6-4-7-13(2)15(12)11-18(3)16-9-5-8-14(16)10-17/h4,6-7,14,16H,5,8-11,17H2,1-3H3. The molecule has 1 aliphatic rings. The van der Waals surface area contributed by atoms with Crippen LogP contribution in [0.25, 0.3) is 0 Å². The van der Waals surface area contributed by atoms with Crippen LogP contribution < -0.4 is 5.73 Å². The van der Waals surface area contributed by atoms with Gasteiger partial charge in [-0.2, -0.15) is 0 Å². The molecule has 1 saturated carbocycles. The van der Waals surface area contributed by atoms with Crippen molar-refractivity contribution in [2.45, 2.75) is 45.7 Å². The number of rotatable bonds is 4. The highest BCUT2D eigenvalue weighted by atomic mass is 15.1. The average molecular weight is 246 g/mol. The molecule has 1 aliphatic carbocycles. The van der Waals surface area contributed by atoms with Crippen LogP contribution in [0.5, 0.6) is 0 Å². The predicted molar refractivity (Wildman–Crippen MR) is 77.6 cm³/mol. The number of nitrogens with zero attached hydrogens (tertiary/aromatic N) is 1. The van der Waals surface area contributed by atoms with Crippen molar-refractivity contribution in [1.82, 2.24) is 4.90 Å². The SMILES string of the molecule is Cc1cccc(C)c1CN(C)C1CCCC1CN. The van der Waals surface area contributed by atoms with Gasteiger partial charge < -0.3 is 5.73 Å². The molecule has 2 N–H and O–H groups in total. The molecule has 0 bridgehead atoms. The van der Waals surface area contributed by atoms with Crippen molar-refractivity contribution in [3.63, 3.8) is 0 Å². The molecule has 2 atom stereocenters. The van der Waals surface area contributed by atoms with Crippen molar-refractivity contribution in [3.05, 3.63) is 34.9 Å². The molecule has 2 heteroatoms. The molecule has 0 heterocycles. The van der Waals surface area contributed by atoms with Crippen molar-refractivity contribution in [3.8, 4) is 0 Å². The van der Waals surface area contributed by atoms with Crippen molar-refractivity contribution in [2.24, 2.45) is 11.7 Å². The van der Waals surface area contributed by atoms with E-state index in [0.717, 1.165) is 13.1 Å². The molecule has 0 saturated heterocycles. The van der Waals surface area contributed by atoms with Crippen LogP contribution in [0, 0.1) is 19.8 Å². The first kappa shape index (κ1) is 13.6. The molecule has 1 fully saturated rings. The number of hydrogen-bond donors (Lipinski definition) is 1.